The van der Waals surface area contributed by atoms with Gasteiger partial charge in [-0.3, -0.25) is 4.79 Å². The van der Waals surface area contributed by atoms with Gasteiger partial charge in [-0.2, -0.15) is 0 Å². The van der Waals surface area contributed by atoms with E-state index in [2.05, 4.69) is 24.4 Å². The van der Waals surface area contributed by atoms with Crippen molar-refractivity contribution in [2.45, 2.75) is 25.7 Å². The number of thiophene rings is 1. The van der Waals surface area contributed by atoms with Crippen LogP contribution in [0.5, 0.6) is 0 Å². The van der Waals surface area contributed by atoms with Gasteiger partial charge in [0.05, 0.1) is 0 Å². The normalized spacial score (nSPS) is 23.1. The summed E-state index contributed by atoms with van der Waals surface area (Å²) in [6.45, 7) is 2.81. The van der Waals surface area contributed by atoms with Crippen LogP contribution >= 0.6 is 11.3 Å². The highest BCUT2D eigenvalue weighted by molar-refractivity contribution is 7.12. The Bertz CT molecular complexity index is 375. The van der Waals surface area contributed by atoms with Crippen LogP contribution in [0.15, 0.2) is 12.1 Å². The van der Waals surface area contributed by atoms with Crippen molar-refractivity contribution in [3.63, 3.8) is 0 Å². The number of carbonyl (C=O) groups excluding carboxylic acids is 1. The Labute approximate surface area is 99.5 Å². The first kappa shape index (κ1) is 11.6. The van der Waals surface area contributed by atoms with Crippen LogP contribution in [0.25, 0.3) is 0 Å². The number of rotatable bonds is 5. The molecule has 1 fully saturated rings. The third kappa shape index (κ3) is 2.62. The van der Waals surface area contributed by atoms with Gasteiger partial charge in [-0.05, 0) is 31.9 Å². The lowest BCUT2D eigenvalue weighted by atomic mass is 10.2. The van der Waals surface area contributed by atoms with Crippen molar-refractivity contribution < 1.29 is 9.90 Å². The summed E-state index contributed by atoms with van der Waals surface area (Å²) in [5.74, 6) is 0.745. The molecule has 0 aromatic carbocycles. The first-order valence-electron chi connectivity index (χ1n) is 5.67. The molecule has 4 heteroatoms. The van der Waals surface area contributed by atoms with E-state index in [0.717, 1.165) is 6.42 Å². The molecule has 3 nitrogen and oxygen atoms in total. The van der Waals surface area contributed by atoms with Crippen molar-refractivity contribution in [3.05, 3.63) is 21.9 Å². The van der Waals surface area contributed by atoms with Gasteiger partial charge in [-0.25, -0.2) is 0 Å². The summed E-state index contributed by atoms with van der Waals surface area (Å²) in [6, 6.07) is 4.24. The fraction of sp³-hybridized carbons (Fsp3) is 0.583. The lowest BCUT2D eigenvalue weighted by Gasteiger charge is -2.02. The van der Waals surface area contributed by atoms with Gasteiger partial charge in [-0.1, -0.05) is 0 Å². The Balaban J connectivity index is 1.80. The molecule has 1 heterocycles. The molecule has 0 bridgehead atoms. The molecule has 0 radical (unpaired) electrons. The molecule has 1 amide bonds. The molecule has 2 atom stereocenters. The van der Waals surface area contributed by atoms with E-state index in [1.165, 1.54) is 9.75 Å². The van der Waals surface area contributed by atoms with Crippen molar-refractivity contribution in [1.29, 1.82) is 0 Å². The van der Waals surface area contributed by atoms with Crippen LogP contribution in [0, 0.1) is 12.8 Å². The molecule has 0 aliphatic heterocycles. The number of hydrogen-bond donors (Lipinski definition) is 2. The molecule has 2 N–H and O–H groups in total. The minimum atomic E-state index is 0.137. The average Bonchev–Trinajstić information content (AvgIpc) is 2.95. The fourth-order valence-corrected chi connectivity index (χ4v) is 2.93. The Morgan fingerprint density at radius 3 is 3.06 bits per heavy atom. The van der Waals surface area contributed by atoms with Gasteiger partial charge in [0, 0.05) is 34.7 Å². The van der Waals surface area contributed by atoms with Gasteiger partial charge in [0.15, 0.2) is 0 Å². The minimum absolute atomic E-state index is 0.137. The van der Waals surface area contributed by atoms with E-state index in [1.807, 2.05) is 0 Å². The van der Waals surface area contributed by atoms with Crippen LogP contribution in [0.4, 0.5) is 0 Å². The summed E-state index contributed by atoms with van der Waals surface area (Å²) in [5.41, 5.74) is 0. The van der Waals surface area contributed by atoms with Crippen molar-refractivity contribution in [1.82, 2.24) is 5.32 Å². The third-order valence-electron chi connectivity index (χ3n) is 2.89. The number of aryl methyl sites for hydroxylation is 1. The second kappa shape index (κ2) is 4.97. The van der Waals surface area contributed by atoms with Crippen molar-refractivity contribution in [3.8, 4) is 0 Å². The lowest BCUT2D eigenvalue weighted by Crippen LogP contribution is -2.26. The van der Waals surface area contributed by atoms with E-state index in [-0.39, 0.29) is 18.4 Å². The van der Waals surface area contributed by atoms with Gasteiger partial charge >= 0.3 is 0 Å². The molecule has 1 aliphatic carbocycles. The summed E-state index contributed by atoms with van der Waals surface area (Å²) in [4.78, 5) is 14.3. The topological polar surface area (TPSA) is 49.3 Å². The maximum Gasteiger partial charge on any atom is 0.223 e. The first-order valence-corrected chi connectivity index (χ1v) is 6.49. The van der Waals surface area contributed by atoms with E-state index in [4.69, 9.17) is 5.11 Å². The van der Waals surface area contributed by atoms with Gasteiger partial charge in [0.1, 0.15) is 0 Å². The number of aliphatic hydroxyl groups excluding tert-OH is 1. The predicted molar refractivity (Wildman–Crippen MR) is 64.6 cm³/mol. The van der Waals surface area contributed by atoms with Crippen LogP contribution < -0.4 is 5.32 Å². The molecule has 1 aliphatic rings. The SMILES string of the molecule is Cc1ccc([C@@H]2C[C@H]2C(=O)NCCCO)s1. The van der Waals surface area contributed by atoms with Crippen LogP contribution in [0.3, 0.4) is 0 Å². The zero-order chi connectivity index (χ0) is 11.5. The average molecular weight is 239 g/mol. The molecule has 0 unspecified atom stereocenters. The van der Waals surface area contributed by atoms with E-state index >= 15 is 0 Å². The van der Waals surface area contributed by atoms with Gasteiger partial charge in [0.25, 0.3) is 0 Å². The largest absolute Gasteiger partial charge is 0.396 e. The highest BCUT2D eigenvalue weighted by atomic mass is 32.1. The number of hydrogen-bond acceptors (Lipinski definition) is 3. The number of nitrogens with one attached hydrogen (secondary N) is 1. The molecule has 0 saturated heterocycles. The van der Waals surface area contributed by atoms with Gasteiger partial charge in [0.2, 0.25) is 5.91 Å². The second-order valence-electron chi connectivity index (χ2n) is 4.27. The lowest BCUT2D eigenvalue weighted by molar-refractivity contribution is -0.122. The maximum absolute atomic E-state index is 11.7. The zero-order valence-corrected chi connectivity index (χ0v) is 10.2. The highest BCUT2D eigenvalue weighted by Crippen LogP contribution is 2.49. The predicted octanol–water partition coefficient (Wildman–Crippen LogP) is 1.66. The molecular weight excluding hydrogens is 222 g/mol. The second-order valence-corrected chi connectivity index (χ2v) is 5.58. The smallest absolute Gasteiger partial charge is 0.223 e. The maximum atomic E-state index is 11.7. The van der Waals surface area contributed by atoms with Crippen molar-refractivity contribution >= 4 is 17.2 Å². The zero-order valence-electron chi connectivity index (χ0n) is 9.40. The highest BCUT2D eigenvalue weighted by Gasteiger charge is 2.44. The Morgan fingerprint density at radius 2 is 2.44 bits per heavy atom. The van der Waals surface area contributed by atoms with E-state index in [1.54, 1.807) is 11.3 Å². The van der Waals surface area contributed by atoms with Crippen LogP contribution in [0.1, 0.15) is 28.5 Å². The minimum Gasteiger partial charge on any atom is -0.396 e. The van der Waals surface area contributed by atoms with E-state index < -0.39 is 0 Å². The molecule has 1 saturated carbocycles. The molecule has 2 rings (SSSR count). The van der Waals surface area contributed by atoms with Crippen molar-refractivity contribution in [2.24, 2.45) is 5.92 Å². The Hall–Kier alpha value is -0.870. The molecule has 88 valence electrons. The Kier molecular flexibility index (Phi) is 3.61. The van der Waals surface area contributed by atoms with E-state index in [9.17, 15) is 4.79 Å². The standard InChI is InChI=1S/C12H17NO2S/c1-8-3-4-11(16-8)9-7-10(9)12(15)13-5-2-6-14/h3-4,9-10,14H,2,5-7H2,1H3,(H,13,15)/t9-,10-/m1/s1. The molecule has 1 aromatic rings. The van der Waals surface area contributed by atoms with Crippen molar-refractivity contribution in [2.75, 3.05) is 13.2 Å². The molecule has 16 heavy (non-hydrogen) atoms. The van der Waals surface area contributed by atoms with Crippen LogP contribution in [-0.2, 0) is 4.79 Å². The summed E-state index contributed by atoms with van der Waals surface area (Å²) in [5, 5.41) is 11.5. The Morgan fingerprint density at radius 1 is 1.62 bits per heavy atom. The first-order chi connectivity index (χ1) is 7.72. The molecule has 1 aromatic heterocycles. The van der Waals surface area contributed by atoms with Crippen LogP contribution in [-0.4, -0.2) is 24.2 Å². The fourth-order valence-electron chi connectivity index (χ4n) is 1.87. The van der Waals surface area contributed by atoms with Gasteiger partial charge in [-0.15, -0.1) is 11.3 Å². The van der Waals surface area contributed by atoms with E-state index in [0.29, 0.717) is 18.9 Å². The van der Waals surface area contributed by atoms with Crippen LogP contribution in [0.2, 0.25) is 0 Å². The summed E-state index contributed by atoms with van der Waals surface area (Å²) >= 11 is 1.79. The quantitative estimate of drug-likeness (QED) is 0.768. The monoisotopic (exact) mass is 239 g/mol. The van der Waals surface area contributed by atoms with Gasteiger partial charge < -0.3 is 10.4 Å². The molecular formula is C12H17NO2S. The number of aliphatic hydroxyl groups is 1. The summed E-state index contributed by atoms with van der Waals surface area (Å²) < 4.78 is 0. The third-order valence-corrected chi connectivity index (χ3v) is 4.02. The summed E-state index contributed by atoms with van der Waals surface area (Å²) in [6.07, 6.45) is 1.62. The molecule has 0 spiro atoms. The number of carbonyl (C=O) groups is 1. The number of amides is 1. The summed E-state index contributed by atoms with van der Waals surface area (Å²) in [7, 11) is 0.